The summed E-state index contributed by atoms with van der Waals surface area (Å²) in [5.41, 5.74) is -0.172. The van der Waals surface area contributed by atoms with Crippen molar-refractivity contribution >= 4 is 0 Å². The van der Waals surface area contributed by atoms with Crippen LogP contribution in [0, 0.1) is 6.42 Å². The zero-order valence-electron chi connectivity index (χ0n) is 5.79. The maximum Gasteiger partial charge on any atom is 0.101 e. The van der Waals surface area contributed by atoms with Crippen LogP contribution in [0.5, 0.6) is 0 Å². The molecule has 1 aliphatic carbocycles. The lowest BCUT2D eigenvalue weighted by Crippen LogP contribution is -2.21. The van der Waals surface area contributed by atoms with E-state index in [0.29, 0.717) is 0 Å². The van der Waals surface area contributed by atoms with Gasteiger partial charge in [0.15, 0.2) is 0 Å². The standard InChI is InChI=1S/C8H11O/c1-8(9-2)6-4-3-5-7-8/h3-7H,1-2H3. The van der Waals surface area contributed by atoms with Crippen LogP contribution in [0.1, 0.15) is 6.92 Å². The molecule has 1 aliphatic rings. The van der Waals surface area contributed by atoms with E-state index in [1.54, 1.807) is 7.11 Å². The second kappa shape index (κ2) is 2.36. The number of rotatable bonds is 1. The zero-order chi connectivity index (χ0) is 6.74. The number of allylic oxidation sites excluding steroid dienone is 2. The van der Waals surface area contributed by atoms with E-state index in [0.717, 1.165) is 0 Å². The van der Waals surface area contributed by atoms with Crippen LogP contribution in [0.15, 0.2) is 24.3 Å². The Kier molecular flexibility index (Phi) is 1.72. The minimum atomic E-state index is -0.172. The van der Waals surface area contributed by atoms with Crippen molar-refractivity contribution in [1.29, 1.82) is 0 Å². The Hall–Kier alpha value is -0.560. The van der Waals surface area contributed by atoms with Crippen molar-refractivity contribution in [3.8, 4) is 0 Å². The first kappa shape index (κ1) is 6.56. The van der Waals surface area contributed by atoms with Crippen LogP contribution in [-0.4, -0.2) is 12.7 Å². The molecule has 0 aromatic rings. The third-order valence-electron chi connectivity index (χ3n) is 1.52. The van der Waals surface area contributed by atoms with Gasteiger partial charge in [-0.2, -0.15) is 0 Å². The summed E-state index contributed by atoms with van der Waals surface area (Å²) in [6.45, 7) is 2.02. The van der Waals surface area contributed by atoms with Gasteiger partial charge in [-0.25, -0.2) is 0 Å². The molecule has 0 aromatic heterocycles. The van der Waals surface area contributed by atoms with Gasteiger partial charge in [-0.15, -0.1) is 0 Å². The van der Waals surface area contributed by atoms with Crippen LogP contribution >= 0.6 is 0 Å². The second-order valence-electron chi connectivity index (χ2n) is 2.30. The maximum atomic E-state index is 5.18. The van der Waals surface area contributed by atoms with E-state index in [1.165, 1.54) is 0 Å². The molecule has 0 bridgehead atoms. The van der Waals surface area contributed by atoms with Gasteiger partial charge in [0, 0.05) is 13.5 Å². The highest BCUT2D eigenvalue weighted by molar-refractivity contribution is 5.25. The Bertz CT molecular complexity index is 133. The van der Waals surface area contributed by atoms with Gasteiger partial charge in [0.1, 0.15) is 5.60 Å². The summed E-state index contributed by atoms with van der Waals surface area (Å²) in [4.78, 5) is 0. The van der Waals surface area contributed by atoms with Gasteiger partial charge in [0.25, 0.3) is 0 Å². The monoisotopic (exact) mass is 123 g/mol. The molecule has 1 nitrogen and oxygen atoms in total. The first-order valence-corrected chi connectivity index (χ1v) is 3.02. The Balaban J connectivity index is 2.67. The van der Waals surface area contributed by atoms with Crippen LogP contribution in [-0.2, 0) is 4.74 Å². The van der Waals surface area contributed by atoms with E-state index in [-0.39, 0.29) is 5.60 Å². The predicted octanol–water partition coefficient (Wildman–Crippen LogP) is 1.72. The van der Waals surface area contributed by atoms with Gasteiger partial charge in [-0.1, -0.05) is 24.3 Å². The molecule has 49 valence electrons. The zero-order valence-corrected chi connectivity index (χ0v) is 5.79. The summed E-state index contributed by atoms with van der Waals surface area (Å²) in [5.74, 6) is 0. The number of hydrogen-bond donors (Lipinski definition) is 0. The third kappa shape index (κ3) is 1.42. The second-order valence-corrected chi connectivity index (χ2v) is 2.30. The van der Waals surface area contributed by atoms with Crippen LogP contribution in [0.2, 0.25) is 0 Å². The summed E-state index contributed by atoms with van der Waals surface area (Å²) in [6, 6.07) is 0. The van der Waals surface area contributed by atoms with Crippen molar-refractivity contribution in [3.05, 3.63) is 30.7 Å². The molecule has 9 heavy (non-hydrogen) atoms. The number of methoxy groups -OCH3 is 1. The smallest absolute Gasteiger partial charge is 0.101 e. The largest absolute Gasteiger partial charge is 0.370 e. The Morgan fingerprint density at radius 3 is 2.11 bits per heavy atom. The molecule has 1 heteroatoms. The highest BCUT2D eigenvalue weighted by atomic mass is 16.5. The molecular formula is C8H11O. The minimum Gasteiger partial charge on any atom is -0.370 e. The fraction of sp³-hybridized carbons (Fsp3) is 0.375. The van der Waals surface area contributed by atoms with Gasteiger partial charge in [-0.3, -0.25) is 0 Å². The summed E-state index contributed by atoms with van der Waals surface area (Å²) < 4.78 is 5.18. The molecule has 0 aromatic carbocycles. The molecule has 0 atom stereocenters. The average Bonchev–Trinajstić information content (AvgIpc) is 1.90. The lowest BCUT2D eigenvalue weighted by atomic mass is 10.0. The van der Waals surface area contributed by atoms with Crippen molar-refractivity contribution in [2.24, 2.45) is 0 Å². The summed E-state index contributed by atoms with van der Waals surface area (Å²) in [6.07, 6.45) is 10.0. The van der Waals surface area contributed by atoms with Gasteiger partial charge in [0.2, 0.25) is 0 Å². The van der Waals surface area contributed by atoms with Gasteiger partial charge >= 0.3 is 0 Å². The summed E-state index contributed by atoms with van der Waals surface area (Å²) in [7, 11) is 1.71. The van der Waals surface area contributed by atoms with Crippen molar-refractivity contribution < 1.29 is 4.74 Å². The number of ether oxygens (including phenoxy) is 1. The molecule has 0 unspecified atom stereocenters. The normalized spacial score (nSPS) is 22.4. The SMILES string of the molecule is COC1(C)C=C[CH]C=C1. The molecule has 0 saturated heterocycles. The molecule has 0 heterocycles. The predicted molar refractivity (Wildman–Crippen MR) is 38.0 cm³/mol. The fourth-order valence-corrected chi connectivity index (χ4v) is 0.749. The Morgan fingerprint density at radius 2 is 1.78 bits per heavy atom. The van der Waals surface area contributed by atoms with E-state index in [9.17, 15) is 0 Å². The van der Waals surface area contributed by atoms with Crippen molar-refractivity contribution in [1.82, 2.24) is 0 Å². The van der Waals surface area contributed by atoms with Crippen LogP contribution < -0.4 is 0 Å². The van der Waals surface area contributed by atoms with Crippen LogP contribution in [0.4, 0.5) is 0 Å². The van der Waals surface area contributed by atoms with Crippen molar-refractivity contribution in [2.75, 3.05) is 7.11 Å². The van der Waals surface area contributed by atoms with E-state index in [4.69, 9.17) is 4.74 Å². The van der Waals surface area contributed by atoms with Crippen LogP contribution in [0.3, 0.4) is 0 Å². The lowest BCUT2D eigenvalue weighted by Gasteiger charge is -2.21. The molecule has 0 aliphatic heterocycles. The molecule has 0 fully saturated rings. The Morgan fingerprint density at radius 1 is 1.22 bits per heavy atom. The molecular weight excluding hydrogens is 112 g/mol. The molecule has 0 saturated carbocycles. The fourth-order valence-electron chi connectivity index (χ4n) is 0.749. The van der Waals surface area contributed by atoms with Crippen molar-refractivity contribution in [3.63, 3.8) is 0 Å². The first-order valence-electron chi connectivity index (χ1n) is 3.02. The third-order valence-corrected chi connectivity index (χ3v) is 1.52. The number of hydrogen-bond acceptors (Lipinski definition) is 1. The molecule has 0 amide bonds. The lowest BCUT2D eigenvalue weighted by molar-refractivity contribution is 0.0899. The Labute approximate surface area is 56.0 Å². The van der Waals surface area contributed by atoms with Crippen LogP contribution in [0.25, 0.3) is 0 Å². The minimum absolute atomic E-state index is 0.172. The van der Waals surface area contributed by atoms with E-state index >= 15 is 0 Å². The molecule has 1 radical (unpaired) electrons. The van der Waals surface area contributed by atoms with Gasteiger partial charge in [-0.05, 0) is 6.92 Å². The van der Waals surface area contributed by atoms with Crippen molar-refractivity contribution in [2.45, 2.75) is 12.5 Å². The molecule has 0 N–H and O–H groups in total. The molecule has 1 rings (SSSR count). The highest BCUT2D eigenvalue weighted by Crippen LogP contribution is 2.16. The molecule has 0 spiro atoms. The maximum absolute atomic E-state index is 5.18. The summed E-state index contributed by atoms with van der Waals surface area (Å²) >= 11 is 0. The van der Waals surface area contributed by atoms with E-state index in [2.05, 4.69) is 0 Å². The highest BCUT2D eigenvalue weighted by Gasteiger charge is 2.15. The topological polar surface area (TPSA) is 9.23 Å². The first-order chi connectivity index (χ1) is 4.27. The van der Waals surface area contributed by atoms with E-state index < -0.39 is 0 Å². The average molecular weight is 123 g/mol. The van der Waals surface area contributed by atoms with Gasteiger partial charge in [0.05, 0.1) is 0 Å². The van der Waals surface area contributed by atoms with E-state index in [1.807, 2.05) is 37.6 Å². The van der Waals surface area contributed by atoms with Gasteiger partial charge < -0.3 is 4.74 Å². The summed E-state index contributed by atoms with van der Waals surface area (Å²) in [5, 5.41) is 0. The quantitative estimate of drug-likeness (QED) is 0.516.